The van der Waals surface area contributed by atoms with Crippen molar-refractivity contribution in [1.29, 1.82) is 0 Å². The van der Waals surface area contributed by atoms with E-state index >= 15 is 0 Å². The molecule has 0 saturated carbocycles. The number of nitrogens with zero attached hydrogens (tertiary/aromatic N) is 1. The van der Waals surface area contributed by atoms with Crippen molar-refractivity contribution in [3.63, 3.8) is 0 Å². The molecule has 1 heteroatoms. The molecule has 1 rings (SSSR count). The lowest BCUT2D eigenvalue weighted by molar-refractivity contribution is -0.870. The number of aryl methyl sites for hydroxylation is 2. The molecule has 0 aliphatic heterocycles. The Morgan fingerprint density at radius 3 is 2.07 bits per heavy atom. The molecule has 0 unspecified atom stereocenters. The Morgan fingerprint density at radius 1 is 0.933 bits per heavy atom. The van der Waals surface area contributed by atoms with Crippen LogP contribution in [-0.4, -0.2) is 32.2 Å². The monoisotopic (exact) mass is 206 g/mol. The highest BCUT2D eigenvalue weighted by molar-refractivity contribution is 5.21. The van der Waals surface area contributed by atoms with E-state index in [9.17, 15) is 0 Å². The summed E-state index contributed by atoms with van der Waals surface area (Å²) >= 11 is 0. The minimum absolute atomic E-state index is 1.08. The molecule has 0 saturated heterocycles. The summed E-state index contributed by atoms with van der Waals surface area (Å²) in [6.07, 6.45) is 3.84. The minimum atomic E-state index is 1.08. The molecule has 0 atom stereocenters. The molecule has 0 radical (unpaired) electrons. The molecule has 84 valence electrons. The third-order valence-corrected chi connectivity index (χ3v) is 2.66. The van der Waals surface area contributed by atoms with Crippen LogP contribution in [0.2, 0.25) is 0 Å². The van der Waals surface area contributed by atoms with Gasteiger partial charge in [-0.2, -0.15) is 0 Å². The number of quaternary nitrogens is 1. The Bertz CT molecular complexity index is 279. The molecular formula is C14H24N+. The molecule has 0 bridgehead atoms. The first-order chi connectivity index (χ1) is 6.97. The Morgan fingerprint density at radius 2 is 1.53 bits per heavy atom. The lowest BCUT2D eigenvalue weighted by Gasteiger charge is -2.23. The average molecular weight is 206 g/mol. The molecule has 0 fully saturated rings. The van der Waals surface area contributed by atoms with Gasteiger partial charge in [-0.3, -0.25) is 0 Å². The fourth-order valence-electron chi connectivity index (χ4n) is 1.67. The third-order valence-electron chi connectivity index (χ3n) is 2.66. The van der Waals surface area contributed by atoms with Crippen molar-refractivity contribution in [3.05, 3.63) is 35.4 Å². The van der Waals surface area contributed by atoms with Crippen molar-refractivity contribution in [2.24, 2.45) is 0 Å². The van der Waals surface area contributed by atoms with Gasteiger partial charge in [0.05, 0.1) is 27.7 Å². The number of unbranched alkanes of at least 4 members (excludes halogenated alkanes) is 1. The molecule has 0 spiro atoms. The van der Waals surface area contributed by atoms with Gasteiger partial charge in [-0.25, -0.2) is 0 Å². The second kappa shape index (κ2) is 5.32. The summed E-state index contributed by atoms with van der Waals surface area (Å²) in [5.41, 5.74) is 2.83. The molecule has 0 N–H and O–H groups in total. The van der Waals surface area contributed by atoms with Crippen molar-refractivity contribution in [1.82, 2.24) is 0 Å². The fraction of sp³-hybridized carbons (Fsp3) is 0.571. The van der Waals surface area contributed by atoms with Crippen LogP contribution in [0.25, 0.3) is 0 Å². The first-order valence-corrected chi connectivity index (χ1v) is 5.83. The van der Waals surface area contributed by atoms with Gasteiger partial charge >= 0.3 is 0 Å². The van der Waals surface area contributed by atoms with Crippen LogP contribution in [-0.2, 0) is 6.42 Å². The molecule has 1 aromatic rings. The zero-order valence-corrected chi connectivity index (χ0v) is 10.6. The predicted octanol–water partition coefficient (Wildman–Crippen LogP) is 3.02. The maximum Gasteiger partial charge on any atom is 0.0780 e. The van der Waals surface area contributed by atoms with Gasteiger partial charge in [0.15, 0.2) is 0 Å². The van der Waals surface area contributed by atoms with Crippen molar-refractivity contribution in [2.45, 2.75) is 26.2 Å². The van der Waals surface area contributed by atoms with Crippen LogP contribution in [0.4, 0.5) is 0 Å². The SMILES string of the molecule is Cc1ccc(CCCC[N+](C)(C)C)cc1. The predicted molar refractivity (Wildman–Crippen MR) is 67.0 cm³/mol. The van der Waals surface area contributed by atoms with E-state index < -0.39 is 0 Å². The van der Waals surface area contributed by atoms with Crippen LogP contribution in [0.15, 0.2) is 24.3 Å². The number of rotatable bonds is 5. The number of hydrogen-bond acceptors (Lipinski definition) is 0. The number of benzene rings is 1. The van der Waals surface area contributed by atoms with Gasteiger partial charge in [-0.15, -0.1) is 0 Å². The molecule has 1 aromatic carbocycles. The first-order valence-electron chi connectivity index (χ1n) is 5.83. The lowest BCUT2D eigenvalue weighted by atomic mass is 10.1. The van der Waals surface area contributed by atoms with Gasteiger partial charge in [0, 0.05) is 0 Å². The zero-order chi connectivity index (χ0) is 11.3. The van der Waals surface area contributed by atoms with E-state index in [-0.39, 0.29) is 0 Å². The molecular weight excluding hydrogens is 182 g/mol. The fourth-order valence-corrected chi connectivity index (χ4v) is 1.67. The standard InChI is InChI=1S/C14H24N/c1-13-8-10-14(11-9-13)7-5-6-12-15(2,3)4/h8-11H,5-7,12H2,1-4H3/q+1. The van der Waals surface area contributed by atoms with Crippen LogP contribution in [0, 0.1) is 6.92 Å². The molecule has 1 nitrogen and oxygen atoms in total. The Labute approximate surface area is 94.3 Å². The molecule has 0 aliphatic carbocycles. The van der Waals surface area contributed by atoms with Crippen LogP contribution >= 0.6 is 0 Å². The van der Waals surface area contributed by atoms with Gasteiger partial charge < -0.3 is 4.48 Å². The molecule has 15 heavy (non-hydrogen) atoms. The summed E-state index contributed by atoms with van der Waals surface area (Å²) in [6, 6.07) is 8.91. The largest absolute Gasteiger partial charge is 0.331 e. The topological polar surface area (TPSA) is 0 Å². The van der Waals surface area contributed by atoms with E-state index in [1.54, 1.807) is 0 Å². The summed E-state index contributed by atoms with van der Waals surface area (Å²) in [5, 5.41) is 0. The quantitative estimate of drug-likeness (QED) is 0.513. The van der Waals surface area contributed by atoms with Gasteiger partial charge in [0.1, 0.15) is 0 Å². The van der Waals surface area contributed by atoms with Crippen molar-refractivity contribution < 1.29 is 4.48 Å². The van der Waals surface area contributed by atoms with Crippen molar-refractivity contribution in [3.8, 4) is 0 Å². The summed E-state index contributed by atoms with van der Waals surface area (Å²) in [5.74, 6) is 0. The zero-order valence-electron chi connectivity index (χ0n) is 10.6. The van der Waals surface area contributed by atoms with Gasteiger partial charge in [-0.05, 0) is 31.7 Å². The van der Waals surface area contributed by atoms with E-state index in [1.165, 1.54) is 36.9 Å². The summed E-state index contributed by atoms with van der Waals surface area (Å²) < 4.78 is 1.08. The molecule has 0 aromatic heterocycles. The number of hydrogen-bond donors (Lipinski definition) is 0. The van der Waals surface area contributed by atoms with Crippen molar-refractivity contribution >= 4 is 0 Å². The Balaban J connectivity index is 2.23. The maximum atomic E-state index is 2.26. The third kappa shape index (κ3) is 5.58. The summed E-state index contributed by atoms with van der Waals surface area (Å²) in [4.78, 5) is 0. The van der Waals surface area contributed by atoms with E-state index in [2.05, 4.69) is 52.3 Å². The molecule has 0 amide bonds. The Kier molecular flexibility index (Phi) is 4.34. The average Bonchev–Trinajstić information content (AvgIpc) is 2.14. The van der Waals surface area contributed by atoms with Crippen LogP contribution in [0.3, 0.4) is 0 Å². The second-order valence-electron chi connectivity index (χ2n) is 5.46. The molecule has 0 aliphatic rings. The second-order valence-corrected chi connectivity index (χ2v) is 5.46. The minimum Gasteiger partial charge on any atom is -0.331 e. The Hall–Kier alpha value is -0.820. The summed E-state index contributed by atoms with van der Waals surface area (Å²) in [6.45, 7) is 3.41. The maximum absolute atomic E-state index is 2.26. The van der Waals surface area contributed by atoms with E-state index in [0.29, 0.717) is 0 Å². The highest BCUT2D eigenvalue weighted by Crippen LogP contribution is 2.08. The van der Waals surface area contributed by atoms with Gasteiger partial charge in [-0.1, -0.05) is 29.8 Å². The van der Waals surface area contributed by atoms with Crippen LogP contribution < -0.4 is 0 Å². The normalized spacial score (nSPS) is 11.7. The van der Waals surface area contributed by atoms with E-state index in [4.69, 9.17) is 0 Å². The highest BCUT2D eigenvalue weighted by Gasteiger charge is 2.05. The van der Waals surface area contributed by atoms with E-state index in [0.717, 1.165) is 4.48 Å². The van der Waals surface area contributed by atoms with Crippen LogP contribution in [0.5, 0.6) is 0 Å². The first kappa shape index (κ1) is 12.3. The van der Waals surface area contributed by atoms with Crippen molar-refractivity contribution in [2.75, 3.05) is 27.7 Å². The smallest absolute Gasteiger partial charge is 0.0780 e. The van der Waals surface area contributed by atoms with Crippen LogP contribution in [0.1, 0.15) is 24.0 Å². The van der Waals surface area contributed by atoms with Gasteiger partial charge in [0.2, 0.25) is 0 Å². The van der Waals surface area contributed by atoms with Gasteiger partial charge in [0.25, 0.3) is 0 Å². The molecule has 0 heterocycles. The highest BCUT2D eigenvalue weighted by atomic mass is 15.3. The summed E-state index contributed by atoms with van der Waals surface area (Å²) in [7, 11) is 6.77. The van der Waals surface area contributed by atoms with E-state index in [1.807, 2.05) is 0 Å². The lowest BCUT2D eigenvalue weighted by Crippen LogP contribution is -2.35.